The van der Waals surface area contributed by atoms with Crippen molar-refractivity contribution in [3.8, 4) is 0 Å². The van der Waals surface area contributed by atoms with E-state index in [1.54, 1.807) is 0 Å². The van der Waals surface area contributed by atoms with Crippen molar-refractivity contribution in [3.63, 3.8) is 0 Å². The molecule has 0 amide bonds. The second kappa shape index (κ2) is 5.35. The molecule has 0 bridgehead atoms. The Morgan fingerprint density at radius 2 is 1.62 bits per heavy atom. The smallest absolute Gasteiger partial charge is 0.134 e. The third-order valence-corrected chi connectivity index (χ3v) is 3.72. The summed E-state index contributed by atoms with van der Waals surface area (Å²) in [7, 11) is 0. The molecule has 0 aliphatic carbocycles. The number of hydrogen-bond acceptors (Lipinski definition) is 3. The Morgan fingerprint density at radius 3 is 2.29 bits per heavy atom. The van der Waals surface area contributed by atoms with Crippen LogP contribution in [-0.2, 0) is 0 Å². The zero-order valence-electron chi connectivity index (χ0n) is 12.6. The first-order chi connectivity index (χ1) is 10.1. The van der Waals surface area contributed by atoms with Gasteiger partial charge in [0.25, 0.3) is 0 Å². The maximum Gasteiger partial charge on any atom is 0.134 e. The van der Waals surface area contributed by atoms with Gasteiger partial charge in [-0.1, -0.05) is 41.0 Å². The standard InChI is InChI=1S/C18H20N2O/c1-11-4-5-16-14(7-11)10-17(21-16)18(20-19)15-8-12(2)6-13(3)9-15/h4-10,18,20H,19H2,1-3H3. The molecule has 0 fully saturated rings. The van der Waals surface area contributed by atoms with Crippen LogP contribution in [0.1, 0.15) is 34.1 Å². The molecule has 1 heterocycles. The third kappa shape index (κ3) is 2.71. The van der Waals surface area contributed by atoms with Crippen molar-refractivity contribution >= 4 is 11.0 Å². The number of fused-ring (bicyclic) bond motifs is 1. The highest BCUT2D eigenvalue weighted by Crippen LogP contribution is 2.29. The molecule has 1 unspecified atom stereocenters. The Kier molecular flexibility index (Phi) is 3.53. The van der Waals surface area contributed by atoms with Crippen LogP contribution in [0.3, 0.4) is 0 Å². The Bertz CT molecular complexity index is 769. The number of aryl methyl sites for hydroxylation is 3. The number of nitrogens with one attached hydrogen (secondary N) is 1. The van der Waals surface area contributed by atoms with Crippen LogP contribution in [0.25, 0.3) is 11.0 Å². The molecule has 21 heavy (non-hydrogen) atoms. The number of rotatable bonds is 3. The number of hydrogen-bond donors (Lipinski definition) is 2. The van der Waals surface area contributed by atoms with Gasteiger partial charge in [0, 0.05) is 5.39 Å². The van der Waals surface area contributed by atoms with Crippen molar-refractivity contribution < 1.29 is 4.42 Å². The lowest BCUT2D eigenvalue weighted by atomic mass is 10.00. The molecule has 0 spiro atoms. The van der Waals surface area contributed by atoms with Crippen molar-refractivity contribution in [2.75, 3.05) is 0 Å². The Morgan fingerprint density at radius 1 is 0.905 bits per heavy atom. The molecule has 1 atom stereocenters. The van der Waals surface area contributed by atoms with E-state index in [1.165, 1.54) is 16.7 Å². The largest absolute Gasteiger partial charge is 0.459 e. The minimum atomic E-state index is -0.142. The maximum atomic E-state index is 5.97. The zero-order chi connectivity index (χ0) is 15.0. The minimum Gasteiger partial charge on any atom is -0.459 e. The van der Waals surface area contributed by atoms with Gasteiger partial charge in [0.2, 0.25) is 0 Å². The van der Waals surface area contributed by atoms with Crippen LogP contribution in [0.2, 0.25) is 0 Å². The summed E-state index contributed by atoms with van der Waals surface area (Å²) < 4.78 is 5.97. The summed E-state index contributed by atoms with van der Waals surface area (Å²) in [5.41, 5.74) is 8.54. The monoisotopic (exact) mass is 280 g/mol. The SMILES string of the molecule is Cc1cc(C)cc(C(NN)c2cc3cc(C)ccc3o2)c1. The average molecular weight is 280 g/mol. The van der Waals surface area contributed by atoms with Gasteiger partial charge in [0.15, 0.2) is 0 Å². The van der Waals surface area contributed by atoms with Gasteiger partial charge in [0.05, 0.1) is 0 Å². The van der Waals surface area contributed by atoms with Crippen LogP contribution in [0.4, 0.5) is 0 Å². The summed E-state index contributed by atoms with van der Waals surface area (Å²) >= 11 is 0. The van der Waals surface area contributed by atoms with E-state index < -0.39 is 0 Å². The van der Waals surface area contributed by atoms with E-state index in [0.717, 1.165) is 22.3 Å². The molecule has 3 aromatic rings. The molecule has 2 aromatic carbocycles. The molecular formula is C18H20N2O. The van der Waals surface area contributed by atoms with Gasteiger partial charge >= 0.3 is 0 Å². The first kappa shape index (κ1) is 13.9. The molecule has 108 valence electrons. The van der Waals surface area contributed by atoms with Crippen LogP contribution < -0.4 is 11.3 Å². The Balaban J connectivity index is 2.08. The molecule has 1 aromatic heterocycles. The number of benzene rings is 2. The molecule has 3 nitrogen and oxygen atoms in total. The van der Waals surface area contributed by atoms with E-state index in [4.69, 9.17) is 10.3 Å². The lowest BCUT2D eigenvalue weighted by Gasteiger charge is -2.15. The van der Waals surface area contributed by atoms with Gasteiger partial charge in [-0.25, -0.2) is 5.43 Å². The van der Waals surface area contributed by atoms with Gasteiger partial charge in [-0.15, -0.1) is 0 Å². The van der Waals surface area contributed by atoms with Crippen molar-refractivity contribution in [2.24, 2.45) is 5.84 Å². The molecule has 0 aliphatic heterocycles. The van der Waals surface area contributed by atoms with Crippen LogP contribution in [0.15, 0.2) is 46.9 Å². The fourth-order valence-electron chi connectivity index (χ4n) is 2.84. The van der Waals surface area contributed by atoms with Gasteiger partial charge in [-0.2, -0.15) is 0 Å². The Hall–Kier alpha value is -2.10. The summed E-state index contributed by atoms with van der Waals surface area (Å²) in [5, 5.41) is 1.11. The van der Waals surface area contributed by atoms with Crippen LogP contribution >= 0.6 is 0 Å². The summed E-state index contributed by atoms with van der Waals surface area (Å²) in [6.07, 6.45) is 0. The second-order valence-electron chi connectivity index (χ2n) is 5.71. The average Bonchev–Trinajstić information content (AvgIpc) is 2.81. The van der Waals surface area contributed by atoms with Gasteiger partial charge in [-0.05, 0) is 44.5 Å². The molecule has 3 heteroatoms. The maximum absolute atomic E-state index is 5.97. The number of hydrazine groups is 1. The van der Waals surface area contributed by atoms with Crippen molar-refractivity contribution in [3.05, 3.63) is 70.5 Å². The van der Waals surface area contributed by atoms with E-state index in [2.05, 4.69) is 62.6 Å². The molecule has 3 rings (SSSR count). The topological polar surface area (TPSA) is 51.2 Å². The summed E-state index contributed by atoms with van der Waals surface area (Å²) in [6.45, 7) is 6.26. The van der Waals surface area contributed by atoms with Gasteiger partial charge in [0.1, 0.15) is 17.4 Å². The quantitative estimate of drug-likeness (QED) is 0.565. The van der Waals surface area contributed by atoms with Crippen LogP contribution in [-0.4, -0.2) is 0 Å². The lowest BCUT2D eigenvalue weighted by Crippen LogP contribution is -2.28. The minimum absolute atomic E-state index is 0.142. The first-order valence-electron chi connectivity index (χ1n) is 7.11. The van der Waals surface area contributed by atoms with E-state index in [-0.39, 0.29) is 6.04 Å². The number of furan rings is 1. The van der Waals surface area contributed by atoms with Crippen LogP contribution in [0, 0.1) is 20.8 Å². The molecule has 3 N–H and O–H groups in total. The normalized spacial score (nSPS) is 12.8. The summed E-state index contributed by atoms with van der Waals surface area (Å²) in [6, 6.07) is 14.5. The van der Waals surface area contributed by atoms with Crippen molar-refractivity contribution in [2.45, 2.75) is 26.8 Å². The fraction of sp³-hybridized carbons (Fsp3) is 0.222. The van der Waals surface area contributed by atoms with Crippen LogP contribution in [0.5, 0.6) is 0 Å². The van der Waals surface area contributed by atoms with Gasteiger partial charge in [-0.3, -0.25) is 5.84 Å². The highest BCUT2D eigenvalue weighted by molar-refractivity contribution is 5.79. The highest BCUT2D eigenvalue weighted by atomic mass is 16.3. The van der Waals surface area contributed by atoms with E-state index in [1.807, 2.05) is 6.07 Å². The van der Waals surface area contributed by atoms with E-state index >= 15 is 0 Å². The molecule has 0 aliphatic rings. The predicted octanol–water partition coefficient (Wildman–Crippen LogP) is 3.91. The van der Waals surface area contributed by atoms with E-state index in [0.29, 0.717) is 0 Å². The molecule has 0 saturated heterocycles. The molecule has 0 radical (unpaired) electrons. The fourth-order valence-corrected chi connectivity index (χ4v) is 2.84. The second-order valence-corrected chi connectivity index (χ2v) is 5.71. The number of nitrogens with two attached hydrogens (primary N) is 1. The summed E-state index contributed by atoms with van der Waals surface area (Å²) in [4.78, 5) is 0. The highest BCUT2D eigenvalue weighted by Gasteiger charge is 2.17. The zero-order valence-corrected chi connectivity index (χ0v) is 12.6. The van der Waals surface area contributed by atoms with E-state index in [9.17, 15) is 0 Å². The van der Waals surface area contributed by atoms with Crippen molar-refractivity contribution in [1.29, 1.82) is 0 Å². The third-order valence-electron chi connectivity index (χ3n) is 3.72. The molecule has 0 saturated carbocycles. The first-order valence-corrected chi connectivity index (χ1v) is 7.11. The van der Waals surface area contributed by atoms with Gasteiger partial charge < -0.3 is 4.42 Å². The molecular weight excluding hydrogens is 260 g/mol. The lowest BCUT2D eigenvalue weighted by molar-refractivity contribution is 0.477. The predicted molar refractivity (Wildman–Crippen MR) is 86.0 cm³/mol. The Labute approximate surface area is 124 Å². The summed E-state index contributed by atoms with van der Waals surface area (Å²) in [5.74, 6) is 6.61. The van der Waals surface area contributed by atoms with Crippen molar-refractivity contribution in [1.82, 2.24) is 5.43 Å².